The predicted molar refractivity (Wildman–Crippen MR) is 40.6 cm³/mol. The number of hydrogen-bond donors (Lipinski definition) is 2. The number of hydrogen-bond acceptors (Lipinski definition) is 2. The molecule has 66 valence electrons. The summed E-state index contributed by atoms with van der Waals surface area (Å²) in [6.07, 6.45) is 0.382. The first-order valence-corrected chi connectivity index (χ1v) is 3.55. The van der Waals surface area contributed by atoms with Crippen molar-refractivity contribution in [2.45, 2.75) is 13.3 Å². The SMILES string of the molecule is C=C(C(=O)O)C1CC1(C)C(=O)O. The van der Waals surface area contributed by atoms with Crippen molar-refractivity contribution in [1.29, 1.82) is 0 Å². The smallest absolute Gasteiger partial charge is 0.331 e. The molecule has 0 spiro atoms. The Bertz CT molecular complexity index is 268. The van der Waals surface area contributed by atoms with E-state index in [1.54, 1.807) is 0 Å². The standard InChI is InChI=1S/C8H10O4/c1-4(6(9)10)5-3-8(5,2)7(11)12/h5H,1,3H2,2H3,(H,9,10)(H,11,12). The van der Waals surface area contributed by atoms with E-state index in [1.165, 1.54) is 6.92 Å². The number of aliphatic carboxylic acids is 2. The van der Waals surface area contributed by atoms with Crippen molar-refractivity contribution in [3.63, 3.8) is 0 Å². The van der Waals surface area contributed by atoms with Crippen molar-refractivity contribution in [3.8, 4) is 0 Å². The van der Waals surface area contributed by atoms with Crippen LogP contribution in [0.4, 0.5) is 0 Å². The third-order valence-electron chi connectivity index (χ3n) is 2.42. The first-order chi connectivity index (χ1) is 5.39. The number of carboxylic acid groups (broad SMARTS) is 2. The summed E-state index contributed by atoms with van der Waals surface area (Å²) in [5.41, 5.74) is -0.893. The molecule has 0 aromatic carbocycles. The first kappa shape index (κ1) is 8.77. The van der Waals surface area contributed by atoms with E-state index in [1.807, 2.05) is 0 Å². The molecule has 1 aliphatic carbocycles. The molecule has 4 heteroatoms. The van der Waals surface area contributed by atoms with Crippen molar-refractivity contribution in [2.24, 2.45) is 11.3 Å². The molecule has 0 radical (unpaired) electrons. The minimum atomic E-state index is -1.11. The Labute approximate surface area is 69.5 Å². The third kappa shape index (κ3) is 1.09. The van der Waals surface area contributed by atoms with E-state index in [-0.39, 0.29) is 5.57 Å². The minimum absolute atomic E-state index is 0.0000926. The van der Waals surface area contributed by atoms with Crippen molar-refractivity contribution < 1.29 is 19.8 Å². The van der Waals surface area contributed by atoms with Gasteiger partial charge in [-0.15, -0.1) is 0 Å². The average molecular weight is 170 g/mol. The molecule has 1 fully saturated rings. The molecular weight excluding hydrogens is 160 g/mol. The third-order valence-corrected chi connectivity index (χ3v) is 2.42. The number of carboxylic acids is 2. The molecule has 2 atom stereocenters. The molecule has 1 rings (SSSR count). The second kappa shape index (κ2) is 2.33. The number of rotatable bonds is 3. The normalized spacial score (nSPS) is 32.6. The van der Waals surface area contributed by atoms with Gasteiger partial charge in [0, 0.05) is 11.5 Å². The lowest BCUT2D eigenvalue weighted by molar-refractivity contribution is -0.143. The fourth-order valence-electron chi connectivity index (χ4n) is 1.26. The predicted octanol–water partition coefficient (Wildman–Crippen LogP) is 0.738. The van der Waals surface area contributed by atoms with Gasteiger partial charge < -0.3 is 10.2 Å². The fourth-order valence-corrected chi connectivity index (χ4v) is 1.26. The van der Waals surface area contributed by atoms with Gasteiger partial charge in [-0.3, -0.25) is 4.79 Å². The van der Waals surface area contributed by atoms with Crippen LogP contribution >= 0.6 is 0 Å². The average Bonchev–Trinajstić information content (AvgIpc) is 2.62. The van der Waals surface area contributed by atoms with Gasteiger partial charge in [0.15, 0.2) is 0 Å². The Morgan fingerprint density at radius 3 is 2.25 bits per heavy atom. The molecule has 0 amide bonds. The van der Waals surface area contributed by atoms with Gasteiger partial charge >= 0.3 is 11.9 Å². The molecule has 12 heavy (non-hydrogen) atoms. The Balaban J connectivity index is 2.69. The molecule has 2 N–H and O–H groups in total. The van der Waals surface area contributed by atoms with Gasteiger partial charge in [-0.05, 0) is 13.3 Å². The Kier molecular flexibility index (Phi) is 1.71. The lowest BCUT2D eigenvalue weighted by Crippen LogP contribution is -2.15. The van der Waals surface area contributed by atoms with Gasteiger partial charge in [0.2, 0.25) is 0 Å². The highest BCUT2D eigenvalue weighted by molar-refractivity contribution is 5.91. The monoisotopic (exact) mass is 170 g/mol. The lowest BCUT2D eigenvalue weighted by Gasteiger charge is -2.03. The van der Waals surface area contributed by atoms with Gasteiger partial charge in [-0.25, -0.2) is 4.79 Å². The van der Waals surface area contributed by atoms with E-state index in [2.05, 4.69) is 6.58 Å². The van der Waals surface area contributed by atoms with Gasteiger partial charge in [0.05, 0.1) is 5.41 Å². The molecule has 0 aromatic heterocycles. The summed E-state index contributed by atoms with van der Waals surface area (Å²) in [7, 11) is 0. The van der Waals surface area contributed by atoms with E-state index < -0.39 is 23.3 Å². The fraction of sp³-hybridized carbons (Fsp3) is 0.500. The highest BCUT2D eigenvalue weighted by atomic mass is 16.4. The lowest BCUT2D eigenvalue weighted by atomic mass is 10.0. The number of carbonyl (C=O) groups is 2. The molecule has 1 saturated carbocycles. The topological polar surface area (TPSA) is 74.6 Å². The molecule has 0 aromatic rings. The van der Waals surface area contributed by atoms with Crippen LogP contribution in [0.2, 0.25) is 0 Å². The zero-order valence-corrected chi connectivity index (χ0v) is 6.70. The first-order valence-electron chi connectivity index (χ1n) is 3.55. The van der Waals surface area contributed by atoms with E-state index in [9.17, 15) is 9.59 Å². The molecule has 0 heterocycles. The molecule has 0 saturated heterocycles. The van der Waals surface area contributed by atoms with Crippen LogP contribution in [0.5, 0.6) is 0 Å². The van der Waals surface area contributed by atoms with Crippen molar-refractivity contribution >= 4 is 11.9 Å². The van der Waals surface area contributed by atoms with Crippen molar-refractivity contribution in [1.82, 2.24) is 0 Å². The molecule has 1 aliphatic rings. The van der Waals surface area contributed by atoms with Crippen LogP contribution in [-0.4, -0.2) is 22.2 Å². The summed E-state index contributed by atoms with van der Waals surface area (Å²) >= 11 is 0. The second-order valence-corrected chi connectivity index (χ2v) is 3.31. The molecule has 2 unspecified atom stereocenters. The van der Waals surface area contributed by atoms with Crippen molar-refractivity contribution in [3.05, 3.63) is 12.2 Å². The Morgan fingerprint density at radius 1 is 1.50 bits per heavy atom. The summed E-state index contributed by atoms with van der Waals surface area (Å²) in [4.78, 5) is 21.0. The maximum absolute atomic E-state index is 10.6. The van der Waals surface area contributed by atoms with E-state index >= 15 is 0 Å². The quantitative estimate of drug-likeness (QED) is 0.612. The summed E-state index contributed by atoms with van der Waals surface area (Å²) < 4.78 is 0. The van der Waals surface area contributed by atoms with E-state index in [0.29, 0.717) is 6.42 Å². The van der Waals surface area contributed by atoms with Crippen LogP contribution in [0.3, 0.4) is 0 Å². The Hall–Kier alpha value is -1.32. The summed E-state index contributed by atoms with van der Waals surface area (Å²) in [5, 5.41) is 17.2. The van der Waals surface area contributed by atoms with Crippen LogP contribution in [-0.2, 0) is 9.59 Å². The van der Waals surface area contributed by atoms with Gasteiger partial charge in [0.25, 0.3) is 0 Å². The zero-order valence-electron chi connectivity index (χ0n) is 6.70. The van der Waals surface area contributed by atoms with E-state index in [4.69, 9.17) is 10.2 Å². The molecule has 4 nitrogen and oxygen atoms in total. The highest BCUT2D eigenvalue weighted by Gasteiger charge is 2.58. The molecule has 0 bridgehead atoms. The maximum atomic E-state index is 10.6. The van der Waals surface area contributed by atoms with Gasteiger partial charge in [-0.2, -0.15) is 0 Å². The maximum Gasteiger partial charge on any atom is 0.331 e. The summed E-state index contributed by atoms with van der Waals surface area (Å²) in [6, 6.07) is 0. The zero-order chi connectivity index (χ0) is 9.52. The summed E-state index contributed by atoms with van der Waals surface area (Å²) in [5.74, 6) is -2.45. The molecular formula is C8H10O4. The van der Waals surface area contributed by atoms with Gasteiger partial charge in [0.1, 0.15) is 0 Å². The molecule has 0 aliphatic heterocycles. The van der Waals surface area contributed by atoms with Crippen LogP contribution in [0.15, 0.2) is 12.2 Å². The van der Waals surface area contributed by atoms with Crippen LogP contribution in [0.1, 0.15) is 13.3 Å². The highest BCUT2D eigenvalue weighted by Crippen LogP contribution is 2.55. The van der Waals surface area contributed by atoms with Crippen LogP contribution in [0.25, 0.3) is 0 Å². The van der Waals surface area contributed by atoms with Gasteiger partial charge in [-0.1, -0.05) is 6.58 Å². The van der Waals surface area contributed by atoms with Crippen LogP contribution < -0.4 is 0 Å². The largest absolute Gasteiger partial charge is 0.481 e. The van der Waals surface area contributed by atoms with E-state index in [0.717, 1.165) is 0 Å². The Morgan fingerprint density at radius 2 is 2.00 bits per heavy atom. The van der Waals surface area contributed by atoms with Crippen molar-refractivity contribution in [2.75, 3.05) is 0 Å². The van der Waals surface area contributed by atoms with Crippen LogP contribution in [0, 0.1) is 11.3 Å². The second-order valence-electron chi connectivity index (χ2n) is 3.31. The summed E-state index contributed by atoms with van der Waals surface area (Å²) in [6.45, 7) is 4.87. The minimum Gasteiger partial charge on any atom is -0.481 e.